The molecule has 0 saturated heterocycles. The summed E-state index contributed by atoms with van der Waals surface area (Å²) in [5.74, 6) is 1.40. The Kier molecular flexibility index (Phi) is 6.03. The van der Waals surface area contributed by atoms with Gasteiger partial charge in [-0.2, -0.15) is 0 Å². The summed E-state index contributed by atoms with van der Waals surface area (Å²) in [4.78, 5) is 14.4. The number of hydrogen-bond donors (Lipinski definition) is 1. The topological polar surface area (TPSA) is 40.5 Å². The van der Waals surface area contributed by atoms with E-state index in [0.717, 1.165) is 51.0 Å². The molecule has 4 unspecified atom stereocenters. The van der Waals surface area contributed by atoms with Crippen LogP contribution in [0.25, 0.3) is 0 Å². The van der Waals surface area contributed by atoms with Crippen LogP contribution in [0.4, 0.5) is 0 Å². The van der Waals surface area contributed by atoms with E-state index in [0.29, 0.717) is 5.78 Å². The van der Waals surface area contributed by atoms with Crippen LogP contribution in [0.5, 0.6) is 0 Å². The van der Waals surface area contributed by atoms with Gasteiger partial charge in [-0.25, -0.2) is 0 Å². The number of ketones is 1. The number of aliphatic hydroxyl groups is 1. The molecule has 3 nitrogen and oxygen atoms in total. The summed E-state index contributed by atoms with van der Waals surface area (Å²) in [5, 5.41) is 10.1. The van der Waals surface area contributed by atoms with Crippen LogP contribution in [0.3, 0.4) is 0 Å². The van der Waals surface area contributed by atoms with E-state index < -0.39 is 0 Å². The Morgan fingerprint density at radius 2 is 2.00 bits per heavy atom. The van der Waals surface area contributed by atoms with Crippen LogP contribution in [0.2, 0.25) is 0 Å². The van der Waals surface area contributed by atoms with Crippen molar-refractivity contribution in [2.45, 2.75) is 76.9 Å². The first-order valence-electron chi connectivity index (χ1n) is 8.52. The van der Waals surface area contributed by atoms with E-state index in [1.54, 1.807) is 0 Å². The second-order valence-electron chi connectivity index (χ2n) is 6.95. The number of carbonyl (C=O) groups is 1. The first-order chi connectivity index (χ1) is 9.61. The molecule has 2 fully saturated rings. The van der Waals surface area contributed by atoms with Gasteiger partial charge in [0.1, 0.15) is 5.78 Å². The Morgan fingerprint density at radius 3 is 2.70 bits per heavy atom. The van der Waals surface area contributed by atoms with E-state index in [-0.39, 0.29) is 18.1 Å². The Labute approximate surface area is 123 Å². The smallest absolute Gasteiger partial charge is 0.137 e. The molecule has 3 heteroatoms. The Balaban J connectivity index is 1.88. The van der Waals surface area contributed by atoms with Crippen molar-refractivity contribution in [1.82, 2.24) is 4.90 Å². The molecule has 0 bridgehead atoms. The fourth-order valence-corrected chi connectivity index (χ4v) is 4.14. The average molecular weight is 281 g/mol. The predicted octanol–water partition coefficient (Wildman–Crippen LogP) is 3.01. The van der Waals surface area contributed by atoms with Gasteiger partial charge in [0.25, 0.3) is 0 Å². The summed E-state index contributed by atoms with van der Waals surface area (Å²) in [6, 6.07) is 0.267. The highest BCUT2D eigenvalue weighted by molar-refractivity contribution is 5.81. The number of nitrogens with zero attached hydrogens (tertiary/aromatic N) is 1. The Hall–Kier alpha value is -0.410. The monoisotopic (exact) mass is 281 g/mol. The van der Waals surface area contributed by atoms with Crippen LogP contribution in [0.15, 0.2) is 0 Å². The van der Waals surface area contributed by atoms with E-state index >= 15 is 0 Å². The van der Waals surface area contributed by atoms with Gasteiger partial charge in [0.2, 0.25) is 0 Å². The number of hydrogen-bond acceptors (Lipinski definition) is 3. The molecule has 2 aliphatic rings. The lowest BCUT2D eigenvalue weighted by Crippen LogP contribution is -2.46. The number of carbonyl (C=O) groups excluding carboxylic acids is 1. The second-order valence-corrected chi connectivity index (χ2v) is 6.95. The standard InChI is InChI=1S/C17H31NO2/c1-3-6-13-9-10-16(19)14(11-13)12-18(2)15-7-4-5-8-17(15)20/h13-15,17,20H,3-12H2,1-2H3. The summed E-state index contributed by atoms with van der Waals surface area (Å²) in [7, 11) is 2.09. The average Bonchev–Trinajstić information content (AvgIpc) is 2.43. The number of rotatable bonds is 5. The fraction of sp³-hybridized carbons (Fsp3) is 0.941. The van der Waals surface area contributed by atoms with Crippen molar-refractivity contribution in [3.8, 4) is 0 Å². The van der Waals surface area contributed by atoms with E-state index in [1.807, 2.05) is 0 Å². The number of likely N-dealkylation sites (N-methyl/N-ethyl adjacent to an activating group) is 1. The zero-order valence-electron chi connectivity index (χ0n) is 13.2. The maximum atomic E-state index is 12.2. The van der Waals surface area contributed by atoms with Crippen molar-refractivity contribution >= 4 is 5.78 Å². The molecule has 0 aliphatic heterocycles. The van der Waals surface area contributed by atoms with Crippen molar-refractivity contribution in [3.05, 3.63) is 0 Å². The lowest BCUT2D eigenvalue weighted by atomic mass is 9.78. The van der Waals surface area contributed by atoms with Crippen molar-refractivity contribution in [2.24, 2.45) is 11.8 Å². The van der Waals surface area contributed by atoms with Gasteiger partial charge >= 0.3 is 0 Å². The van der Waals surface area contributed by atoms with Gasteiger partial charge in [-0.1, -0.05) is 32.6 Å². The minimum absolute atomic E-state index is 0.195. The van der Waals surface area contributed by atoms with E-state index in [1.165, 1.54) is 19.3 Å². The minimum Gasteiger partial charge on any atom is -0.391 e. The molecule has 2 rings (SSSR count). The predicted molar refractivity (Wildman–Crippen MR) is 81.6 cm³/mol. The van der Waals surface area contributed by atoms with Gasteiger partial charge in [0.05, 0.1) is 6.10 Å². The van der Waals surface area contributed by atoms with Crippen LogP contribution in [0, 0.1) is 11.8 Å². The zero-order valence-corrected chi connectivity index (χ0v) is 13.2. The fourth-order valence-electron chi connectivity index (χ4n) is 4.14. The van der Waals surface area contributed by atoms with Gasteiger partial charge in [0.15, 0.2) is 0 Å². The third-order valence-corrected chi connectivity index (χ3v) is 5.34. The molecule has 4 atom stereocenters. The largest absolute Gasteiger partial charge is 0.391 e. The summed E-state index contributed by atoms with van der Waals surface area (Å²) in [6.45, 7) is 3.08. The SMILES string of the molecule is CCCC1CCC(=O)C(CN(C)C2CCCCC2O)C1. The minimum atomic E-state index is -0.195. The summed E-state index contributed by atoms with van der Waals surface area (Å²) >= 11 is 0. The molecule has 2 aliphatic carbocycles. The van der Waals surface area contributed by atoms with Gasteiger partial charge < -0.3 is 10.0 Å². The lowest BCUT2D eigenvalue weighted by molar-refractivity contribution is -0.126. The van der Waals surface area contributed by atoms with Crippen molar-refractivity contribution in [3.63, 3.8) is 0 Å². The highest BCUT2D eigenvalue weighted by Crippen LogP contribution is 2.31. The molecule has 0 heterocycles. The van der Waals surface area contributed by atoms with Gasteiger partial charge in [-0.05, 0) is 38.6 Å². The van der Waals surface area contributed by atoms with Crippen LogP contribution < -0.4 is 0 Å². The quantitative estimate of drug-likeness (QED) is 0.842. The van der Waals surface area contributed by atoms with E-state index in [2.05, 4.69) is 18.9 Å². The lowest BCUT2D eigenvalue weighted by Gasteiger charge is -2.38. The molecule has 0 radical (unpaired) electrons. The molecule has 1 N–H and O–H groups in total. The summed E-state index contributed by atoms with van der Waals surface area (Å²) in [5.41, 5.74) is 0. The molecular formula is C17H31NO2. The molecule has 116 valence electrons. The molecule has 0 aromatic carbocycles. The summed E-state index contributed by atoms with van der Waals surface area (Å²) in [6.07, 6.45) is 9.59. The normalized spacial score (nSPS) is 35.5. The molecule has 0 amide bonds. The van der Waals surface area contributed by atoms with Crippen molar-refractivity contribution < 1.29 is 9.90 Å². The molecule has 0 aromatic rings. The molecule has 0 aromatic heterocycles. The van der Waals surface area contributed by atoms with Gasteiger partial charge in [-0.15, -0.1) is 0 Å². The van der Waals surface area contributed by atoms with Gasteiger partial charge in [0, 0.05) is 24.9 Å². The Bertz CT molecular complexity index is 318. The third-order valence-electron chi connectivity index (χ3n) is 5.34. The Morgan fingerprint density at radius 1 is 1.25 bits per heavy atom. The van der Waals surface area contributed by atoms with Crippen molar-refractivity contribution in [2.75, 3.05) is 13.6 Å². The first kappa shape index (κ1) is 16.0. The van der Waals surface area contributed by atoms with Crippen LogP contribution >= 0.6 is 0 Å². The molecule has 2 saturated carbocycles. The number of aliphatic hydroxyl groups excluding tert-OH is 1. The first-order valence-corrected chi connectivity index (χ1v) is 8.52. The highest BCUT2D eigenvalue weighted by atomic mass is 16.3. The molecule has 20 heavy (non-hydrogen) atoms. The van der Waals surface area contributed by atoms with Crippen LogP contribution in [-0.2, 0) is 4.79 Å². The van der Waals surface area contributed by atoms with Crippen LogP contribution in [-0.4, -0.2) is 41.5 Å². The van der Waals surface area contributed by atoms with E-state index in [4.69, 9.17) is 0 Å². The van der Waals surface area contributed by atoms with Crippen molar-refractivity contribution in [1.29, 1.82) is 0 Å². The highest BCUT2D eigenvalue weighted by Gasteiger charge is 2.32. The number of Topliss-reactive ketones (excluding diaryl/α,β-unsaturated/α-hetero) is 1. The summed E-state index contributed by atoms with van der Waals surface area (Å²) < 4.78 is 0. The van der Waals surface area contributed by atoms with E-state index in [9.17, 15) is 9.90 Å². The molecular weight excluding hydrogens is 250 g/mol. The third kappa shape index (κ3) is 4.05. The molecule has 0 spiro atoms. The maximum absolute atomic E-state index is 12.2. The van der Waals surface area contributed by atoms with Crippen LogP contribution in [0.1, 0.15) is 64.7 Å². The zero-order chi connectivity index (χ0) is 14.5. The maximum Gasteiger partial charge on any atom is 0.137 e. The van der Waals surface area contributed by atoms with Gasteiger partial charge in [-0.3, -0.25) is 4.79 Å². The second kappa shape index (κ2) is 7.56.